The Bertz CT molecular complexity index is 94.1. The molecule has 0 atom stereocenters. The molecule has 0 aliphatic carbocycles. The molecule has 0 aliphatic rings. The number of aliphatic hydroxyl groups is 1. The fourth-order valence-electron chi connectivity index (χ4n) is 0.897. The van der Waals surface area contributed by atoms with E-state index in [0.717, 1.165) is 25.9 Å². The van der Waals surface area contributed by atoms with E-state index in [9.17, 15) is 0 Å². The van der Waals surface area contributed by atoms with Crippen LogP contribution in [0, 0.1) is 0 Å². The Morgan fingerprint density at radius 2 is 2.09 bits per heavy atom. The Morgan fingerprint density at radius 1 is 1.45 bits per heavy atom. The SMILES string of the molecule is CC(C)(CCO)NCCCN. The van der Waals surface area contributed by atoms with Gasteiger partial charge in [0.2, 0.25) is 0 Å². The molecule has 0 aliphatic heterocycles. The molecule has 0 radical (unpaired) electrons. The zero-order valence-corrected chi connectivity index (χ0v) is 7.56. The largest absolute Gasteiger partial charge is 0.396 e. The van der Waals surface area contributed by atoms with Gasteiger partial charge in [-0.2, -0.15) is 0 Å². The number of hydrogen-bond donors (Lipinski definition) is 3. The second-order valence-corrected chi connectivity index (χ2v) is 3.43. The van der Waals surface area contributed by atoms with Crippen molar-refractivity contribution in [1.82, 2.24) is 5.32 Å². The summed E-state index contributed by atoms with van der Waals surface area (Å²) in [5, 5.41) is 12.0. The lowest BCUT2D eigenvalue weighted by atomic mass is 10.0. The van der Waals surface area contributed by atoms with E-state index in [1.165, 1.54) is 0 Å². The lowest BCUT2D eigenvalue weighted by Crippen LogP contribution is -2.41. The summed E-state index contributed by atoms with van der Waals surface area (Å²) in [7, 11) is 0. The van der Waals surface area contributed by atoms with Crippen LogP contribution in [-0.2, 0) is 0 Å². The van der Waals surface area contributed by atoms with Crippen molar-refractivity contribution in [3.63, 3.8) is 0 Å². The first-order chi connectivity index (χ1) is 5.12. The molecule has 0 spiro atoms. The highest BCUT2D eigenvalue weighted by atomic mass is 16.3. The van der Waals surface area contributed by atoms with Crippen molar-refractivity contribution in [2.45, 2.75) is 32.2 Å². The van der Waals surface area contributed by atoms with Gasteiger partial charge in [0.1, 0.15) is 0 Å². The van der Waals surface area contributed by atoms with E-state index < -0.39 is 0 Å². The summed E-state index contributed by atoms with van der Waals surface area (Å²) in [6, 6.07) is 0. The summed E-state index contributed by atoms with van der Waals surface area (Å²) in [5.41, 5.74) is 5.39. The molecule has 0 aromatic rings. The van der Waals surface area contributed by atoms with Gasteiger partial charge in [-0.1, -0.05) is 0 Å². The molecule has 0 saturated carbocycles. The van der Waals surface area contributed by atoms with Gasteiger partial charge in [-0.25, -0.2) is 0 Å². The van der Waals surface area contributed by atoms with Crippen LogP contribution in [0.1, 0.15) is 26.7 Å². The first-order valence-electron chi connectivity index (χ1n) is 4.18. The van der Waals surface area contributed by atoms with E-state index in [4.69, 9.17) is 10.8 Å². The van der Waals surface area contributed by atoms with Crippen LogP contribution in [0.2, 0.25) is 0 Å². The Balaban J connectivity index is 3.38. The first kappa shape index (κ1) is 10.9. The molecule has 0 aromatic heterocycles. The van der Waals surface area contributed by atoms with E-state index in [1.807, 2.05) is 0 Å². The summed E-state index contributed by atoms with van der Waals surface area (Å²) in [5.74, 6) is 0. The molecule has 0 aromatic carbocycles. The van der Waals surface area contributed by atoms with Crippen molar-refractivity contribution in [3.05, 3.63) is 0 Å². The topological polar surface area (TPSA) is 58.3 Å². The molecular formula is C8H20N2O. The number of nitrogens with two attached hydrogens (primary N) is 1. The fraction of sp³-hybridized carbons (Fsp3) is 1.00. The summed E-state index contributed by atoms with van der Waals surface area (Å²) in [4.78, 5) is 0. The van der Waals surface area contributed by atoms with E-state index in [2.05, 4.69) is 19.2 Å². The quantitative estimate of drug-likeness (QED) is 0.482. The summed E-state index contributed by atoms with van der Waals surface area (Å²) >= 11 is 0. The molecule has 68 valence electrons. The number of hydrogen-bond acceptors (Lipinski definition) is 3. The third-order valence-electron chi connectivity index (χ3n) is 1.72. The molecule has 3 nitrogen and oxygen atoms in total. The molecule has 3 heteroatoms. The van der Waals surface area contributed by atoms with Crippen molar-refractivity contribution < 1.29 is 5.11 Å². The average molecular weight is 160 g/mol. The zero-order chi connectivity index (χ0) is 8.74. The van der Waals surface area contributed by atoms with Crippen molar-refractivity contribution in [3.8, 4) is 0 Å². The Hall–Kier alpha value is -0.120. The van der Waals surface area contributed by atoms with Gasteiger partial charge in [-0.05, 0) is 39.8 Å². The van der Waals surface area contributed by atoms with Gasteiger partial charge in [0, 0.05) is 12.1 Å². The van der Waals surface area contributed by atoms with Crippen LogP contribution in [0.25, 0.3) is 0 Å². The zero-order valence-electron chi connectivity index (χ0n) is 7.56. The lowest BCUT2D eigenvalue weighted by Gasteiger charge is -2.25. The molecular weight excluding hydrogens is 140 g/mol. The minimum Gasteiger partial charge on any atom is -0.396 e. The third-order valence-corrected chi connectivity index (χ3v) is 1.72. The van der Waals surface area contributed by atoms with Gasteiger partial charge in [0.05, 0.1) is 0 Å². The van der Waals surface area contributed by atoms with Gasteiger partial charge >= 0.3 is 0 Å². The summed E-state index contributed by atoms with van der Waals surface area (Å²) < 4.78 is 0. The minimum absolute atomic E-state index is 0.0456. The molecule has 0 amide bonds. The second-order valence-electron chi connectivity index (χ2n) is 3.43. The molecule has 0 heterocycles. The summed E-state index contributed by atoms with van der Waals surface area (Å²) in [6.45, 7) is 6.06. The Kier molecular flexibility index (Phi) is 5.46. The van der Waals surface area contributed by atoms with Gasteiger partial charge in [0.15, 0.2) is 0 Å². The van der Waals surface area contributed by atoms with Gasteiger partial charge < -0.3 is 16.2 Å². The predicted octanol–water partition coefficient (Wildman–Crippen LogP) is 0.0858. The van der Waals surface area contributed by atoms with Crippen LogP contribution in [0.4, 0.5) is 0 Å². The van der Waals surface area contributed by atoms with Gasteiger partial charge in [0.25, 0.3) is 0 Å². The number of rotatable bonds is 6. The highest BCUT2D eigenvalue weighted by molar-refractivity contribution is 4.76. The number of nitrogens with one attached hydrogen (secondary N) is 1. The van der Waals surface area contributed by atoms with E-state index in [-0.39, 0.29) is 12.1 Å². The van der Waals surface area contributed by atoms with Crippen LogP contribution >= 0.6 is 0 Å². The van der Waals surface area contributed by atoms with E-state index in [1.54, 1.807) is 0 Å². The smallest absolute Gasteiger partial charge is 0.0448 e. The highest BCUT2D eigenvalue weighted by Crippen LogP contribution is 2.06. The molecule has 0 fully saturated rings. The maximum Gasteiger partial charge on any atom is 0.0448 e. The molecule has 0 rings (SSSR count). The van der Waals surface area contributed by atoms with Crippen molar-refractivity contribution in [2.75, 3.05) is 19.7 Å². The molecule has 11 heavy (non-hydrogen) atoms. The van der Waals surface area contributed by atoms with Crippen molar-refractivity contribution in [1.29, 1.82) is 0 Å². The average Bonchev–Trinajstić information content (AvgIpc) is 1.87. The predicted molar refractivity (Wildman–Crippen MR) is 47.5 cm³/mol. The van der Waals surface area contributed by atoms with E-state index in [0.29, 0.717) is 0 Å². The van der Waals surface area contributed by atoms with Crippen LogP contribution in [-0.4, -0.2) is 30.3 Å². The lowest BCUT2D eigenvalue weighted by molar-refractivity contribution is 0.231. The maximum atomic E-state index is 8.69. The molecule has 0 unspecified atom stereocenters. The van der Waals surface area contributed by atoms with Crippen LogP contribution < -0.4 is 11.1 Å². The van der Waals surface area contributed by atoms with Crippen LogP contribution in [0.15, 0.2) is 0 Å². The molecule has 0 saturated heterocycles. The molecule has 0 bridgehead atoms. The minimum atomic E-state index is 0.0456. The van der Waals surface area contributed by atoms with E-state index >= 15 is 0 Å². The maximum absolute atomic E-state index is 8.69. The Labute approximate surface area is 69.0 Å². The highest BCUT2D eigenvalue weighted by Gasteiger charge is 2.14. The first-order valence-corrected chi connectivity index (χ1v) is 4.18. The Morgan fingerprint density at radius 3 is 2.55 bits per heavy atom. The van der Waals surface area contributed by atoms with Crippen LogP contribution in [0.3, 0.4) is 0 Å². The van der Waals surface area contributed by atoms with Gasteiger partial charge in [-0.3, -0.25) is 0 Å². The van der Waals surface area contributed by atoms with Crippen molar-refractivity contribution >= 4 is 0 Å². The normalized spacial score (nSPS) is 12.0. The second kappa shape index (κ2) is 5.52. The monoisotopic (exact) mass is 160 g/mol. The standard InChI is InChI=1S/C8H20N2O/c1-8(2,4-7-11)10-6-3-5-9/h10-11H,3-7,9H2,1-2H3. The van der Waals surface area contributed by atoms with Gasteiger partial charge in [-0.15, -0.1) is 0 Å². The third kappa shape index (κ3) is 6.28. The fourth-order valence-corrected chi connectivity index (χ4v) is 0.897. The molecule has 4 N–H and O–H groups in total. The van der Waals surface area contributed by atoms with Crippen molar-refractivity contribution in [2.24, 2.45) is 5.73 Å². The number of aliphatic hydroxyl groups excluding tert-OH is 1. The van der Waals surface area contributed by atoms with Crippen LogP contribution in [0.5, 0.6) is 0 Å². The summed E-state index contributed by atoms with van der Waals surface area (Å²) in [6.07, 6.45) is 1.78.